The first-order valence-corrected chi connectivity index (χ1v) is 7.38. The van der Waals surface area contributed by atoms with Gasteiger partial charge in [-0.15, -0.1) is 0 Å². The van der Waals surface area contributed by atoms with Crippen LogP contribution in [-0.2, 0) is 0 Å². The van der Waals surface area contributed by atoms with Gasteiger partial charge in [0.25, 0.3) is 5.91 Å². The first-order valence-electron chi connectivity index (χ1n) is 6.63. The van der Waals surface area contributed by atoms with Crippen LogP contribution in [0.2, 0.25) is 10.0 Å². The van der Waals surface area contributed by atoms with Crippen LogP contribution >= 0.6 is 23.2 Å². The Morgan fingerprint density at radius 1 is 1.19 bits per heavy atom. The van der Waals surface area contributed by atoms with Crippen molar-refractivity contribution in [3.8, 4) is 5.75 Å². The molecule has 3 nitrogen and oxygen atoms in total. The van der Waals surface area contributed by atoms with Crippen molar-refractivity contribution in [1.82, 2.24) is 5.32 Å². The predicted octanol–water partition coefficient (Wildman–Crippen LogP) is 4.25. The average molecular weight is 322 g/mol. The van der Waals surface area contributed by atoms with E-state index in [0.717, 1.165) is 17.7 Å². The molecule has 0 aromatic heterocycles. The molecule has 1 N–H and O–H groups in total. The van der Waals surface area contributed by atoms with E-state index in [2.05, 4.69) is 5.32 Å². The Morgan fingerprint density at radius 2 is 2.00 bits per heavy atom. The fourth-order valence-corrected chi connectivity index (χ4v) is 2.77. The highest BCUT2D eigenvalue weighted by atomic mass is 35.5. The molecule has 0 saturated carbocycles. The third-order valence-electron chi connectivity index (χ3n) is 3.44. The van der Waals surface area contributed by atoms with Gasteiger partial charge in [0, 0.05) is 17.0 Å². The Morgan fingerprint density at radius 3 is 2.86 bits per heavy atom. The van der Waals surface area contributed by atoms with E-state index in [4.69, 9.17) is 27.9 Å². The van der Waals surface area contributed by atoms with Gasteiger partial charge in [0.15, 0.2) is 0 Å². The molecule has 1 aliphatic rings. The minimum atomic E-state index is -0.232. The molecule has 1 heterocycles. The summed E-state index contributed by atoms with van der Waals surface area (Å²) in [6, 6.07) is 12.5. The Bertz CT molecular complexity index is 688. The summed E-state index contributed by atoms with van der Waals surface area (Å²) >= 11 is 12.0. The number of amides is 1. The number of benzene rings is 2. The molecule has 3 rings (SSSR count). The second-order valence-electron chi connectivity index (χ2n) is 4.83. The summed E-state index contributed by atoms with van der Waals surface area (Å²) in [6.07, 6.45) is 0.723. The molecule has 5 heteroatoms. The van der Waals surface area contributed by atoms with Crippen LogP contribution in [0.4, 0.5) is 0 Å². The summed E-state index contributed by atoms with van der Waals surface area (Å²) in [5.41, 5.74) is 1.36. The fourth-order valence-electron chi connectivity index (χ4n) is 2.40. The Hall–Kier alpha value is -1.71. The number of ether oxygens (including phenoxy) is 1. The molecular formula is C16H13Cl2NO2. The van der Waals surface area contributed by atoms with Gasteiger partial charge in [-0.05, 0) is 24.3 Å². The van der Waals surface area contributed by atoms with Crippen molar-refractivity contribution in [3.05, 3.63) is 63.6 Å². The van der Waals surface area contributed by atoms with Crippen molar-refractivity contribution in [2.75, 3.05) is 6.61 Å². The number of para-hydroxylation sites is 1. The molecule has 1 unspecified atom stereocenters. The van der Waals surface area contributed by atoms with Gasteiger partial charge < -0.3 is 10.1 Å². The highest BCUT2D eigenvalue weighted by molar-refractivity contribution is 6.35. The van der Waals surface area contributed by atoms with Gasteiger partial charge in [-0.3, -0.25) is 4.79 Å². The molecule has 1 amide bonds. The van der Waals surface area contributed by atoms with Gasteiger partial charge in [-0.2, -0.15) is 0 Å². The van der Waals surface area contributed by atoms with Crippen molar-refractivity contribution in [1.29, 1.82) is 0 Å². The molecule has 0 aliphatic carbocycles. The van der Waals surface area contributed by atoms with Crippen LogP contribution in [0.25, 0.3) is 0 Å². The van der Waals surface area contributed by atoms with E-state index in [-0.39, 0.29) is 11.9 Å². The third kappa shape index (κ3) is 2.99. The first-order chi connectivity index (χ1) is 10.1. The van der Waals surface area contributed by atoms with Gasteiger partial charge in [0.1, 0.15) is 5.75 Å². The number of carbonyl (C=O) groups excluding carboxylic acids is 1. The van der Waals surface area contributed by atoms with Crippen LogP contribution in [0.5, 0.6) is 5.75 Å². The van der Waals surface area contributed by atoms with Crippen molar-refractivity contribution >= 4 is 29.1 Å². The van der Waals surface area contributed by atoms with E-state index in [1.807, 2.05) is 24.3 Å². The summed E-state index contributed by atoms with van der Waals surface area (Å²) in [4.78, 5) is 12.4. The molecule has 2 aromatic carbocycles. The number of rotatable bonds is 2. The average Bonchev–Trinajstić information content (AvgIpc) is 2.50. The van der Waals surface area contributed by atoms with E-state index in [9.17, 15) is 4.79 Å². The lowest BCUT2D eigenvalue weighted by molar-refractivity contribution is 0.0925. The van der Waals surface area contributed by atoms with Gasteiger partial charge in [0.2, 0.25) is 0 Å². The van der Waals surface area contributed by atoms with Crippen molar-refractivity contribution in [2.45, 2.75) is 12.5 Å². The summed E-state index contributed by atoms with van der Waals surface area (Å²) in [7, 11) is 0. The lowest BCUT2D eigenvalue weighted by atomic mass is 10.00. The lowest BCUT2D eigenvalue weighted by Crippen LogP contribution is -2.32. The third-order valence-corrected chi connectivity index (χ3v) is 4.00. The number of nitrogens with one attached hydrogen (secondary N) is 1. The molecule has 0 fully saturated rings. The zero-order chi connectivity index (χ0) is 14.8. The predicted molar refractivity (Wildman–Crippen MR) is 83.2 cm³/mol. The minimum Gasteiger partial charge on any atom is -0.493 e. The van der Waals surface area contributed by atoms with Crippen molar-refractivity contribution in [2.24, 2.45) is 0 Å². The summed E-state index contributed by atoms with van der Waals surface area (Å²) in [5.74, 6) is 0.579. The van der Waals surface area contributed by atoms with Crippen LogP contribution in [-0.4, -0.2) is 12.5 Å². The number of halogens is 2. The SMILES string of the molecule is O=C(NC1CCOc2ccccc21)c1cc(Cl)ccc1Cl. The van der Waals surface area contributed by atoms with Gasteiger partial charge >= 0.3 is 0 Å². The largest absolute Gasteiger partial charge is 0.493 e. The van der Waals surface area contributed by atoms with Crippen LogP contribution in [0.15, 0.2) is 42.5 Å². The number of carbonyl (C=O) groups is 1. The molecule has 0 radical (unpaired) electrons. The normalized spacial score (nSPS) is 16.8. The van der Waals surface area contributed by atoms with E-state index < -0.39 is 0 Å². The van der Waals surface area contributed by atoms with E-state index in [1.54, 1.807) is 18.2 Å². The van der Waals surface area contributed by atoms with Crippen LogP contribution in [0.1, 0.15) is 28.4 Å². The zero-order valence-corrected chi connectivity index (χ0v) is 12.6. The lowest BCUT2D eigenvalue weighted by Gasteiger charge is -2.26. The van der Waals surface area contributed by atoms with Gasteiger partial charge in [0.05, 0.1) is 23.2 Å². The summed E-state index contributed by atoms with van der Waals surface area (Å²) in [5, 5.41) is 3.87. The first kappa shape index (κ1) is 14.2. The molecule has 0 bridgehead atoms. The second kappa shape index (κ2) is 5.96. The summed E-state index contributed by atoms with van der Waals surface area (Å²) < 4.78 is 5.59. The topological polar surface area (TPSA) is 38.3 Å². The standard InChI is InChI=1S/C16H13Cl2NO2/c17-10-5-6-13(18)12(9-10)16(20)19-14-7-8-21-15-4-2-1-3-11(14)15/h1-6,9,14H,7-8H2,(H,19,20). The van der Waals surface area contributed by atoms with Crippen molar-refractivity contribution in [3.63, 3.8) is 0 Å². The molecular weight excluding hydrogens is 309 g/mol. The molecule has 2 aromatic rings. The zero-order valence-electron chi connectivity index (χ0n) is 11.1. The van der Waals surface area contributed by atoms with Gasteiger partial charge in [-0.25, -0.2) is 0 Å². The Labute approximate surface area is 132 Å². The maximum Gasteiger partial charge on any atom is 0.253 e. The quantitative estimate of drug-likeness (QED) is 0.898. The number of hydrogen-bond donors (Lipinski definition) is 1. The highest BCUT2D eigenvalue weighted by Gasteiger charge is 2.23. The molecule has 108 valence electrons. The monoisotopic (exact) mass is 321 g/mol. The second-order valence-corrected chi connectivity index (χ2v) is 5.67. The minimum absolute atomic E-state index is 0.0856. The molecule has 1 aliphatic heterocycles. The number of hydrogen-bond acceptors (Lipinski definition) is 2. The molecule has 0 saturated heterocycles. The Kier molecular flexibility index (Phi) is 4.04. The smallest absolute Gasteiger partial charge is 0.253 e. The van der Waals surface area contributed by atoms with Crippen LogP contribution < -0.4 is 10.1 Å². The Balaban J connectivity index is 1.84. The highest BCUT2D eigenvalue weighted by Crippen LogP contribution is 2.32. The molecule has 1 atom stereocenters. The fraction of sp³-hybridized carbons (Fsp3) is 0.188. The molecule has 21 heavy (non-hydrogen) atoms. The molecule has 0 spiro atoms. The van der Waals surface area contributed by atoms with E-state index in [0.29, 0.717) is 22.2 Å². The number of fused-ring (bicyclic) bond motifs is 1. The summed E-state index contributed by atoms with van der Waals surface area (Å²) in [6.45, 7) is 0.575. The van der Waals surface area contributed by atoms with E-state index >= 15 is 0 Å². The van der Waals surface area contributed by atoms with Crippen molar-refractivity contribution < 1.29 is 9.53 Å². The van der Waals surface area contributed by atoms with Crippen LogP contribution in [0.3, 0.4) is 0 Å². The van der Waals surface area contributed by atoms with Gasteiger partial charge in [-0.1, -0.05) is 41.4 Å². The van der Waals surface area contributed by atoms with E-state index in [1.165, 1.54) is 0 Å². The maximum atomic E-state index is 12.4. The maximum absolute atomic E-state index is 12.4. The van der Waals surface area contributed by atoms with Crippen LogP contribution in [0, 0.1) is 0 Å².